The predicted octanol–water partition coefficient (Wildman–Crippen LogP) is 1.30. The van der Waals surface area contributed by atoms with Gasteiger partial charge in [-0.2, -0.15) is 0 Å². The fourth-order valence-corrected chi connectivity index (χ4v) is 1.67. The van der Waals surface area contributed by atoms with Crippen LogP contribution in [0.3, 0.4) is 0 Å². The number of hydrogen-bond acceptors (Lipinski definition) is 2. The van der Waals surface area contributed by atoms with E-state index in [4.69, 9.17) is 0 Å². The Hall–Kier alpha value is -0.510. The van der Waals surface area contributed by atoms with Crippen LogP contribution in [0.4, 0.5) is 0 Å². The van der Waals surface area contributed by atoms with Crippen molar-refractivity contribution in [3.63, 3.8) is 0 Å². The average Bonchev–Trinajstić information content (AvgIpc) is 2.37. The molecule has 0 amide bonds. The van der Waals surface area contributed by atoms with Crippen molar-refractivity contribution in [2.24, 2.45) is 0 Å². The van der Waals surface area contributed by atoms with E-state index in [1.165, 1.54) is 12.8 Å². The van der Waals surface area contributed by atoms with Crippen molar-refractivity contribution in [3.05, 3.63) is 11.9 Å². The first-order valence-electron chi connectivity index (χ1n) is 3.90. The van der Waals surface area contributed by atoms with E-state index in [0.717, 1.165) is 11.4 Å². The van der Waals surface area contributed by atoms with Crippen LogP contribution >= 0.6 is 11.9 Å². The topological polar surface area (TPSA) is 32.6 Å². The molecule has 0 saturated heterocycles. The van der Waals surface area contributed by atoms with Crippen LogP contribution in [0, 0.1) is 6.92 Å². The van der Waals surface area contributed by atoms with Crippen LogP contribution in [0.1, 0.15) is 25.5 Å². The molecule has 0 unspecified atom stereocenters. The Balaban J connectivity index is 2.27. The van der Waals surface area contributed by atoms with Gasteiger partial charge in [0.1, 0.15) is 0 Å². The summed E-state index contributed by atoms with van der Waals surface area (Å²) in [6.45, 7) is 4.18. The number of aryl methyl sites for hydroxylation is 1. The SMILES string of the molecule is CCCCS[n+]1cc(C)n[nH]1. The van der Waals surface area contributed by atoms with Gasteiger partial charge in [0.2, 0.25) is 5.69 Å². The smallest absolute Gasteiger partial charge is 0.0977 e. The zero-order valence-corrected chi connectivity index (χ0v) is 7.82. The fraction of sp³-hybridized carbons (Fsp3) is 0.714. The molecule has 0 aromatic carbocycles. The van der Waals surface area contributed by atoms with Gasteiger partial charge in [0, 0.05) is 17.8 Å². The third-order valence-electron chi connectivity index (χ3n) is 1.36. The number of rotatable bonds is 4. The number of unbranched alkanes of at least 4 members (excludes halogenated alkanes) is 1. The second-order valence-corrected chi connectivity index (χ2v) is 3.55. The second kappa shape index (κ2) is 4.38. The van der Waals surface area contributed by atoms with Crippen LogP contribution < -0.4 is 4.09 Å². The molecule has 1 rings (SSSR count). The number of hydrogen-bond donors (Lipinski definition) is 1. The molecule has 0 atom stereocenters. The first kappa shape index (κ1) is 8.59. The van der Waals surface area contributed by atoms with E-state index in [2.05, 4.69) is 17.2 Å². The van der Waals surface area contributed by atoms with Crippen molar-refractivity contribution in [3.8, 4) is 0 Å². The maximum Gasteiger partial charge on any atom is 0.216 e. The normalized spacial score (nSPS) is 10.4. The first-order chi connectivity index (χ1) is 5.33. The molecule has 3 nitrogen and oxygen atoms in total. The number of H-pyrrole nitrogens is 1. The highest BCUT2D eigenvalue weighted by molar-refractivity contribution is 7.92. The van der Waals surface area contributed by atoms with Gasteiger partial charge in [-0.05, 0) is 11.6 Å². The van der Waals surface area contributed by atoms with Gasteiger partial charge in [-0.15, -0.1) is 0 Å². The summed E-state index contributed by atoms with van der Waals surface area (Å²) >= 11 is 1.76. The van der Waals surface area contributed by atoms with E-state index in [0.29, 0.717) is 0 Å². The van der Waals surface area contributed by atoms with Crippen molar-refractivity contribution >= 4 is 11.9 Å². The third kappa shape index (κ3) is 2.93. The Morgan fingerprint density at radius 2 is 2.55 bits per heavy atom. The van der Waals surface area contributed by atoms with Gasteiger partial charge < -0.3 is 0 Å². The number of aromatic amines is 1. The lowest BCUT2D eigenvalue weighted by Gasteiger charge is -1.89. The van der Waals surface area contributed by atoms with Crippen molar-refractivity contribution in [1.29, 1.82) is 0 Å². The summed E-state index contributed by atoms with van der Waals surface area (Å²) in [4.78, 5) is 0. The molecular formula is C7H14N3S+. The number of nitrogens with zero attached hydrogens (tertiary/aromatic N) is 2. The molecule has 0 fully saturated rings. The average molecular weight is 172 g/mol. The molecule has 1 N–H and O–H groups in total. The van der Waals surface area contributed by atoms with E-state index in [9.17, 15) is 0 Å². The lowest BCUT2D eigenvalue weighted by Crippen LogP contribution is -2.26. The Morgan fingerprint density at radius 1 is 1.73 bits per heavy atom. The molecule has 1 aromatic rings. The second-order valence-electron chi connectivity index (χ2n) is 2.49. The first-order valence-corrected chi connectivity index (χ1v) is 4.84. The van der Waals surface area contributed by atoms with Gasteiger partial charge >= 0.3 is 0 Å². The summed E-state index contributed by atoms with van der Waals surface area (Å²) in [6, 6.07) is 0. The fourth-order valence-electron chi connectivity index (χ4n) is 0.729. The van der Waals surface area contributed by atoms with E-state index in [1.807, 2.05) is 17.2 Å². The number of aromatic nitrogens is 3. The Morgan fingerprint density at radius 3 is 3.09 bits per heavy atom. The Bertz CT molecular complexity index is 209. The van der Waals surface area contributed by atoms with E-state index >= 15 is 0 Å². The largest absolute Gasteiger partial charge is 0.216 e. The highest BCUT2D eigenvalue weighted by Gasteiger charge is 2.02. The lowest BCUT2D eigenvalue weighted by atomic mass is 10.4. The Kier molecular flexibility index (Phi) is 3.42. The van der Waals surface area contributed by atoms with Crippen LogP contribution in [0.15, 0.2) is 6.20 Å². The molecule has 1 heterocycles. The Labute approximate surface area is 71.3 Å². The quantitative estimate of drug-likeness (QED) is 0.548. The third-order valence-corrected chi connectivity index (χ3v) is 2.29. The van der Waals surface area contributed by atoms with Gasteiger partial charge in [0.25, 0.3) is 0 Å². The zero-order valence-electron chi connectivity index (χ0n) is 7.00. The van der Waals surface area contributed by atoms with E-state index in [-0.39, 0.29) is 0 Å². The van der Waals surface area contributed by atoms with E-state index < -0.39 is 0 Å². The molecule has 62 valence electrons. The maximum atomic E-state index is 4.01. The molecule has 0 saturated carbocycles. The highest BCUT2D eigenvalue weighted by Crippen LogP contribution is 1.98. The van der Waals surface area contributed by atoms with Crippen LogP contribution in [0.25, 0.3) is 0 Å². The molecule has 0 radical (unpaired) electrons. The van der Waals surface area contributed by atoms with Gasteiger partial charge in [-0.1, -0.05) is 17.4 Å². The molecule has 0 aliphatic heterocycles. The monoisotopic (exact) mass is 172 g/mol. The van der Waals surface area contributed by atoms with Gasteiger partial charge in [-0.3, -0.25) is 0 Å². The van der Waals surface area contributed by atoms with Crippen molar-refractivity contribution in [1.82, 2.24) is 10.3 Å². The molecule has 0 aliphatic carbocycles. The highest BCUT2D eigenvalue weighted by atomic mass is 32.2. The van der Waals surface area contributed by atoms with Crippen molar-refractivity contribution in [2.45, 2.75) is 26.7 Å². The van der Waals surface area contributed by atoms with Crippen LogP contribution in [0.5, 0.6) is 0 Å². The minimum absolute atomic E-state index is 1.04. The molecule has 0 bridgehead atoms. The number of nitrogens with one attached hydrogen (secondary N) is 1. The summed E-state index contributed by atoms with van der Waals surface area (Å²) in [5.41, 5.74) is 1.04. The summed E-state index contributed by atoms with van der Waals surface area (Å²) in [5.74, 6) is 1.16. The summed E-state index contributed by atoms with van der Waals surface area (Å²) in [6.07, 6.45) is 4.51. The van der Waals surface area contributed by atoms with Crippen LogP contribution in [-0.2, 0) is 0 Å². The minimum atomic E-state index is 1.04. The molecule has 11 heavy (non-hydrogen) atoms. The molecule has 0 aliphatic rings. The summed E-state index contributed by atoms with van der Waals surface area (Å²) in [7, 11) is 0. The summed E-state index contributed by atoms with van der Waals surface area (Å²) in [5, 5.41) is 6.91. The molecule has 4 heteroatoms. The van der Waals surface area contributed by atoms with Gasteiger partial charge in [-0.25, -0.2) is 0 Å². The van der Waals surface area contributed by atoms with Crippen molar-refractivity contribution in [2.75, 3.05) is 5.75 Å². The van der Waals surface area contributed by atoms with Gasteiger partial charge in [0.15, 0.2) is 6.20 Å². The van der Waals surface area contributed by atoms with E-state index in [1.54, 1.807) is 11.9 Å². The van der Waals surface area contributed by atoms with Gasteiger partial charge in [0.05, 0.1) is 11.9 Å². The van der Waals surface area contributed by atoms with Crippen LogP contribution in [-0.4, -0.2) is 16.1 Å². The predicted molar refractivity (Wildman–Crippen MR) is 46.3 cm³/mol. The van der Waals surface area contributed by atoms with Crippen molar-refractivity contribution < 1.29 is 4.09 Å². The van der Waals surface area contributed by atoms with Crippen LogP contribution in [0.2, 0.25) is 0 Å². The minimum Gasteiger partial charge on any atom is -0.0977 e. The zero-order chi connectivity index (χ0) is 8.10. The maximum absolute atomic E-state index is 4.01. The lowest BCUT2D eigenvalue weighted by molar-refractivity contribution is -0.564. The molecular weight excluding hydrogens is 158 g/mol. The standard InChI is InChI=1S/C7H13N3S/c1-3-4-5-11-10-6-7(2)8-9-10/h6H,3-5H2,1-2H3/p+1. The molecule has 0 spiro atoms. The summed E-state index contributed by atoms with van der Waals surface area (Å²) < 4.78 is 1.95. The molecule has 1 aromatic heterocycles.